The zero-order chi connectivity index (χ0) is 37.9. The molecular formula is C42H87NO7P+. The van der Waals surface area contributed by atoms with Crippen LogP contribution in [0.15, 0.2) is 0 Å². The minimum Gasteiger partial charge on any atom is -0.457 e. The van der Waals surface area contributed by atoms with Crippen molar-refractivity contribution in [2.24, 2.45) is 5.92 Å². The number of carbonyl (C=O) groups excluding carboxylic acids is 1. The fraction of sp³-hybridized carbons (Fsp3) is 0.976. The molecule has 9 heteroatoms. The molecule has 0 aliphatic carbocycles. The summed E-state index contributed by atoms with van der Waals surface area (Å²) in [5.41, 5.74) is 0. The van der Waals surface area contributed by atoms with Crippen LogP contribution in [0.5, 0.6) is 0 Å². The Bertz CT molecular complexity index is 807. The van der Waals surface area contributed by atoms with Crippen LogP contribution in [0.2, 0.25) is 0 Å². The van der Waals surface area contributed by atoms with Gasteiger partial charge in [-0.3, -0.25) is 13.8 Å². The van der Waals surface area contributed by atoms with E-state index in [2.05, 4.69) is 13.8 Å². The molecule has 1 unspecified atom stereocenters. The Morgan fingerprint density at radius 2 is 0.961 bits per heavy atom. The molecule has 0 fully saturated rings. The van der Waals surface area contributed by atoms with Crippen LogP contribution in [0.1, 0.15) is 201 Å². The molecule has 0 aliphatic heterocycles. The first kappa shape index (κ1) is 50.5. The third kappa shape index (κ3) is 37.6. The van der Waals surface area contributed by atoms with Gasteiger partial charge in [0.2, 0.25) is 0 Å². The average Bonchev–Trinajstić information content (AvgIpc) is 3.08. The van der Waals surface area contributed by atoms with E-state index in [1.165, 1.54) is 148 Å². The third-order valence-electron chi connectivity index (χ3n) is 9.81. The molecule has 8 nitrogen and oxygen atoms in total. The number of unbranched alkanes of at least 4 members (excludes halogenated alkanes) is 25. The van der Waals surface area contributed by atoms with E-state index in [1.54, 1.807) is 0 Å². The molecule has 0 aromatic carbocycles. The first-order valence-electron chi connectivity index (χ1n) is 21.7. The van der Waals surface area contributed by atoms with Gasteiger partial charge in [-0.05, 0) is 12.8 Å². The summed E-state index contributed by atoms with van der Waals surface area (Å²) in [7, 11) is 1.67. The number of likely N-dealkylation sites (N-methyl/N-ethyl adjacent to an activating group) is 1. The van der Waals surface area contributed by atoms with Crippen LogP contribution in [0, 0.1) is 5.92 Å². The lowest BCUT2D eigenvalue weighted by Gasteiger charge is -2.24. The van der Waals surface area contributed by atoms with E-state index in [0.717, 1.165) is 32.1 Å². The predicted molar refractivity (Wildman–Crippen MR) is 215 cm³/mol. The highest BCUT2D eigenvalue weighted by molar-refractivity contribution is 7.47. The van der Waals surface area contributed by atoms with Gasteiger partial charge in [-0.25, -0.2) is 4.57 Å². The number of ether oxygens (including phenoxy) is 2. The lowest BCUT2D eigenvalue weighted by atomic mass is 10.0. The molecule has 0 aromatic rings. The minimum absolute atomic E-state index is 0.0908. The molecule has 306 valence electrons. The largest absolute Gasteiger partial charge is 0.472 e. The van der Waals surface area contributed by atoms with Gasteiger partial charge in [0.1, 0.15) is 19.3 Å². The van der Waals surface area contributed by atoms with Gasteiger partial charge in [0.05, 0.1) is 40.3 Å². The number of quaternary nitrogens is 1. The third-order valence-corrected chi connectivity index (χ3v) is 10.8. The Morgan fingerprint density at radius 1 is 0.569 bits per heavy atom. The van der Waals surface area contributed by atoms with Crippen molar-refractivity contribution in [3.8, 4) is 0 Å². The highest BCUT2D eigenvalue weighted by Gasteiger charge is 2.27. The summed E-state index contributed by atoms with van der Waals surface area (Å²) in [5.74, 6) is -0.547. The molecule has 0 radical (unpaired) electrons. The number of hydrogen-bond acceptors (Lipinski definition) is 6. The van der Waals surface area contributed by atoms with Crippen molar-refractivity contribution in [1.29, 1.82) is 0 Å². The van der Waals surface area contributed by atoms with Crippen molar-refractivity contribution in [1.82, 2.24) is 0 Å². The highest BCUT2D eigenvalue weighted by Crippen LogP contribution is 2.43. The van der Waals surface area contributed by atoms with Crippen LogP contribution in [0.25, 0.3) is 0 Å². The molecule has 51 heavy (non-hydrogen) atoms. The zero-order valence-electron chi connectivity index (χ0n) is 34.8. The zero-order valence-corrected chi connectivity index (χ0v) is 35.7. The second-order valence-electron chi connectivity index (χ2n) is 16.3. The molecule has 0 amide bonds. The summed E-state index contributed by atoms with van der Waals surface area (Å²) in [6.45, 7) is 7.55. The maximum Gasteiger partial charge on any atom is 0.472 e. The SMILES string of the molecule is CCCCCCCCCCCCCCCCOC[C@H](COP(=O)(O)OCC[N+](C)(C)C)OC(=O)[C@H](C)CCCCCCCCCCCCCCC. The number of phosphoric ester groups is 1. The van der Waals surface area contributed by atoms with Gasteiger partial charge in [-0.2, -0.15) is 0 Å². The van der Waals surface area contributed by atoms with Crippen LogP contribution < -0.4 is 0 Å². The topological polar surface area (TPSA) is 91.3 Å². The van der Waals surface area contributed by atoms with Gasteiger partial charge >= 0.3 is 13.8 Å². The molecule has 0 aliphatic rings. The van der Waals surface area contributed by atoms with Crippen molar-refractivity contribution in [2.45, 2.75) is 207 Å². The molecule has 1 N–H and O–H groups in total. The molecule has 0 aromatic heterocycles. The molecule has 0 bridgehead atoms. The highest BCUT2D eigenvalue weighted by atomic mass is 31.2. The van der Waals surface area contributed by atoms with Crippen LogP contribution >= 0.6 is 7.82 Å². The smallest absolute Gasteiger partial charge is 0.457 e. The molecule has 0 spiro atoms. The molecule has 0 rings (SSSR count). The maximum atomic E-state index is 13.0. The number of carbonyl (C=O) groups is 1. The number of phosphoric acid groups is 1. The lowest BCUT2D eigenvalue weighted by Crippen LogP contribution is -2.37. The Balaban J connectivity index is 4.34. The van der Waals surface area contributed by atoms with Crippen molar-refractivity contribution >= 4 is 13.8 Å². The fourth-order valence-corrected chi connectivity index (χ4v) is 6.98. The van der Waals surface area contributed by atoms with E-state index >= 15 is 0 Å². The average molecular weight is 749 g/mol. The van der Waals surface area contributed by atoms with Gasteiger partial charge in [-0.1, -0.05) is 188 Å². The Hall–Kier alpha value is -0.500. The molecule has 3 atom stereocenters. The van der Waals surface area contributed by atoms with Crippen molar-refractivity contribution < 1.29 is 37.3 Å². The standard InChI is InChI=1S/C42H86NO7P/c1-7-9-11-13-15-17-19-21-23-25-27-29-31-33-36-47-38-41(39-49-51(45,46)48-37-35-43(4,5)6)50-42(44)40(3)34-32-30-28-26-24-22-20-18-16-14-12-10-8-2/h40-41H,7-39H2,1-6H3/p+1/t40-,41-/m1/s1. The molecule has 0 saturated carbocycles. The number of esters is 1. The van der Waals surface area contributed by atoms with E-state index in [9.17, 15) is 14.3 Å². The van der Waals surface area contributed by atoms with Crippen LogP contribution in [-0.4, -0.2) is 75.6 Å². The van der Waals surface area contributed by atoms with Gasteiger partial charge in [0.15, 0.2) is 0 Å². The Morgan fingerprint density at radius 3 is 1.37 bits per heavy atom. The summed E-state index contributed by atoms with van der Waals surface area (Å²) in [4.78, 5) is 23.2. The summed E-state index contributed by atoms with van der Waals surface area (Å²) in [6.07, 6.45) is 35.0. The molecule has 0 heterocycles. The second kappa shape index (κ2) is 35.2. The van der Waals surface area contributed by atoms with E-state index in [1.807, 2.05) is 28.1 Å². The van der Waals surface area contributed by atoms with Crippen molar-refractivity contribution in [3.63, 3.8) is 0 Å². The summed E-state index contributed by atoms with van der Waals surface area (Å²) < 4.78 is 35.2. The minimum atomic E-state index is -4.28. The van der Waals surface area contributed by atoms with Crippen molar-refractivity contribution in [2.75, 3.05) is 54.1 Å². The van der Waals surface area contributed by atoms with Gasteiger partial charge in [-0.15, -0.1) is 0 Å². The second-order valence-corrected chi connectivity index (χ2v) is 17.7. The first-order valence-corrected chi connectivity index (χ1v) is 23.2. The van der Waals surface area contributed by atoms with Gasteiger partial charge in [0, 0.05) is 6.61 Å². The number of hydrogen-bond donors (Lipinski definition) is 1. The first-order chi connectivity index (χ1) is 24.5. The summed E-state index contributed by atoms with van der Waals surface area (Å²) in [5, 5.41) is 0. The van der Waals surface area contributed by atoms with Crippen LogP contribution in [0.4, 0.5) is 0 Å². The van der Waals surface area contributed by atoms with E-state index in [4.69, 9.17) is 18.5 Å². The summed E-state index contributed by atoms with van der Waals surface area (Å²) in [6, 6.07) is 0. The maximum absolute atomic E-state index is 13.0. The Labute approximate surface area is 317 Å². The van der Waals surface area contributed by atoms with Crippen molar-refractivity contribution in [3.05, 3.63) is 0 Å². The normalized spacial score (nSPS) is 14.4. The molecular weight excluding hydrogens is 661 g/mol. The van der Waals surface area contributed by atoms with E-state index < -0.39 is 13.9 Å². The van der Waals surface area contributed by atoms with E-state index in [-0.39, 0.29) is 31.7 Å². The number of rotatable bonds is 40. The number of nitrogens with zero attached hydrogens (tertiary/aromatic N) is 1. The van der Waals surface area contributed by atoms with E-state index in [0.29, 0.717) is 17.6 Å². The predicted octanol–water partition coefficient (Wildman–Crippen LogP) is 12.4. The van der Waals surface area contributed by atoms with Gasteiger partial charge < -0.3 is 18.9 Å². The quantitative estimate of drug-likeness (QED) is 0.0289. The monoisotopic (exact) mass is 749 g/mol. The molecule has 0 saturated heterocycles. The fourth-order valence-electron chi connectivity index (χ4n) is 6.24. The Kier molecular flexibility index (Phi) is 34.9. The van der Waals surface area contributed by atoms with Crippen LogP contribution in [0.3, 0.4) is 0 Å². The van der Waals surface area contributed by atoms with Crippen LogP contribution in [-0.2, 0) is 27.9 Å². The summed E-state index contributed by atoms with van der Waals surface area (Å²) >= 11 is 0. The van der Waals surface area contributed by atoms with Gasteiger partial charge in [0.25, 0.3) is 0 Å². The lowest BCUT2D eigenvalue weighted by molar-refractivity contribution is -0.870.